The molecule has 90 valence electrons. The molecule has 1 atom stereocenters. The van der Waals surface area contributed by atoms with E-state index in [1.54, 1.807) is 7.11 Å². The minimum absolute atomic E-state index is 0.302. The molecule has 0 aliphatic carbocycles. The molecule has 0 N–H and O–H groups in total. The van der Waals surface area contributed by atoms with Crippen LogP contribution in [0.4, 0.5) is 0 Å². The average molecular weight is 222 g/mol. The zero-order valence-corrected chi connectivity index (χ0v) is 10.3. The SMILES string of the molecule is COCCC(C)OCCCc1ccccc1. The molecule has 0 aromatic heterocycles. The second-order valence-electron chi connectivity index (χ2n) is 4.05. The highest BCUT2D eigenvalue weighted by Crippen LogP contribution is 2.04. The van der Waals surface area contributed by atoms with E-state index in [-0.39, 0.29) is 0 Å². The first-order valence-corrected chi connectivity index (χ1v) is 5.97. The van der Waals surface area contributed by atoms with Crippen LogP contribution < -0.4 is 0 Å². The van der Waals surface area contributed by atoms with Gasteiger partial charge in [0.1, 0.15) is 0 Å². The zero-order valence-electron chi connectivity index (χ0n) is 10.3. The predicted molar refractivity (Wildman–Crippen MR) is 66.7 cm³/mol. The molecule has 0 heterocycles. The van der Waals surface area contributed by atoms with E-state index in [2.05, 4.69) is 31.2 Å². The summed E-state index contributed by atoms with van der Waals surface area (Å²) >= 11 is 0. The highest BCUT2D eigenvalue weighted by Gasteiger charge is 2.01. The van der Waals surface area contributed by atoms with Crippen molar-refractivity contribution in [3.63, 3.8) is 0 Å². The lowest BCUT2D eigenvalue weighted by Gasteiger charge is -2.12. The molecule has 0 amide bonds. The van der Waals surface area contributed by atoms with Crippen LogP contribution in [0, 0.1) is 0 Å². The van der Waals surface area contributed by atoms with Gasteiger partial charge in [-0.15, -0.1) is 0 Å². The van der Waals surface area contributed by atoms with Crippen LogP contribution in [0.2, 0.25) is 0 Å². The fourth-order valence-corrected chi connectivity index (χ4v) is 1.57. The highest BCUT2D eigenvalue weighted by molar-refractivity contribution is 5.14. The molecular weight excluding hydrogens is 200 g/mol. The second kappa shape index (κ2) is 8.31. The Hall–Kier alpha value is -0.860. The van der Waals surface area contributed by atoms with Gasteiger partial charge >= 0.3 is 0 Å². The van der Waals surface area contributed by atoms with Crippen LogP contribution in [0.3, 0.4) is 0 Å². The Labute approximate surface area is 98.6 Å². The van der Waals surface area contributed by atoms with Gasteiger partial charge in [0.15, 0.2) is 0 Å². The van der Waals surface area contributed by atoms with Crippen molar-refractivity contribution in [3.05, 3.63) is 35.9 Å². The van der Waals surface area contributed by atoms with Gasteiger partial charge in [0.05, 0.1) is 6.10 Å². The maximum Gasteiger partial charge on any atom is 0.0568 e. The van der Waals surface area contributed by atoms with Gasteiger partial charge in [-0.1, -0.05) is 30.3 Å². The molecule has 0 spiro atoms. The van der Waals surface area contributed by atoms with E-state index < -0.39 is 0 Å². The fourth-order valence-electron chi connectivity index (χ4n) is 1.57. The molecule has 2 heteroatoms. The minimum Gasteiger partial charge on any atom is -0.385 e. The van der Waals surface area contributed by atoms with Gasteiger partial charge in [-0.05, 0) is 31.7 Å². The van der Waals surface area contributed by atoms with E-state index in [0.717, 1.165) is 32.5 Å². The van der Waals surface area contributed by atoms with E-state index >= 15 is 0 Å². The third-order valence-corrected chi connectivity index (χ3v) is 2.58. The Balaban J connectivity index is 2.03. The van der Waals surface area contributed by atoms with Crippen LogP contribution in [-0.4, -0.2) is 26.4 Å². The molecular formula is C14H22O2. The third-order valence-electron chi connectivity index (χ3n) is 2.58. The Morgan fingerprint density at radius 2 is 1.88 bits per heavy atom. The molecule has 0 fully saturated rings. The third kappa shape index (κ3) is 5.89. The van der Waals surface area contributed by atoms with E-state index in [1.165, 1.54) is 5.56 Å². The predicted octanol–water partition coefficient (Wildman–Crippen LogP) is 3.06. The quantitative estimate of drug-likeness (QED) is 0.629. The molecule has 1 rings (SSSR count). The zero-order chi connectivity index (χ0) is 11.6. The molecule has 2 nitrogen and oxygen atoms in total. The maximum atomic E-state index is 5.69. The standard InChI is InChI=1S/C14H22O2/c1-13(10-12-15-2)16-11-6-9-14-7-4-3-5-8-14/h3-5,7-8,13H,6,9-12H2,1-2H3. The van der Waals surface area contributed by atoms with Crippen LogP contribution >= 0.6 is 0 Å². The van der Waals surface area contributed by atoms with Gasteiger partial charge in [0.25, 0.3) is 0 Å². The van der Waals surface area contributed by atoms with Crippen LogP contribution in [0.15, 0.2) is 30.3 Å². The molecule has 1 aromatic rings. The number of aryl methyl sites for hydroxylation is 1. The smallest absolute Gasteiger partial charge is 0.0568 e. The van der Waals surface area contributed by atoms with E-state index in [1.807, 2.05) is 6.07 Å². The first-order valence-electron chi connectivity index (χ1n) is 5.97. The highest BCUT2D eigenvalue weighted by atomic mass is 16.5. The van der Waals surface area contributed by atoms with E-state index in [9.17, 15) is 0 Å². The average Bonchev–Trinajstić information content (AvgIpc) is 2.33. The van der Waals surface area contributed by atoms with Crippen LogP contribution in [0.1, 0.15) is 25.3 Å². The Morgan fingerprint density at radius 3 is 2.56 bits per heavy atom. The van der Waals surface area contributed by atoms with Gasteiger partial charge in [-0.25, -0.2) is 0 Å². The van der Waals surface area contributed by atoms with Crippen molar-refractivity contribution in [1.82, 2.24) is 0 Å². The number of rotatable bonds is 8. The second-order valence-corrected chi connectivity index (χ2v) is 4.05. The molecule has 0 radical (unpaired) electrons. The lowest BCUT2D eigenvalue weighted by Crippen LogP contribution is -2.12. The Morgan fingerprint density at radius 1 is 1.12 bits per heavy atom. The molecule has 16 heavy (non-hydrogen) atoms. The molecule has 0 aliphatic rings. The van der Waals surface area contributed by atoms with Gasteiger partial charge < -0.3 is 9.47 Å². The van der Waals surface area contributed by atoms with E-state index in [0.29, 0.717) is 6.10 Å². The Bertz CT molecular complexity index is 259. The number of hydrogen-bond acceptors (Lipinski definition) is 2. The summed E-state index contributed by atoms with van der Waals surface area (Å²) in [7, 11) is 1.72. The van der Waals surface area contributed by atoms with Crippen molar-refractivity contribution in [2.24, 2.45) is 0 Å². The number of benzene rings is 1. The van der Waals surface area contributed by atoms with Crippen molar-refractivity contribution in [2.75, 3.05) is 20.3 Å². The van der Waals surface area contributed by atoms with Crippen molar-refractivity contribution < 1.29 is 9.47 Å². The maximum absolute atomic E-state index is 5.69. The van der Waals surface area contributed by atoms with Crippen molar-refractivity contribution in [1.29, 1.82) is 0 Å². The molecule has 1 unspecified atom stereocenters. The first-order chi connectivity index (χ1) is 7.83. The topological polar surface area (TPSA) is 18.5 Å². The fraction of sp³-hybridized carbons (Fsp3) is 0.571. The Kier molecular flexibility index (Phi) is 6.86. The van der Waals surface area contributed by atoms with Gasteiger partial charge in [0, 0.05) is 20.3 Å². The number of ether oxygens (including phenoxy) is 2. The van der Waals surface area contributed by atoms with Crippen LogP contribution in [0.5, 0.6) is 0 Å². The first kappa shape index (κ1) is 13.2. The van der Waals surface area contributed by atoms with Crippen LogP contribution in [0.25, 0.3) is 0 Å². The number of hydrogen-bond donors (Lipinski definition) is 0. The summed E-state index contributed by atoms with van der Waals surface area (Å²) < 4.78 is 10.7. The molecule has 0 saturated carbocycles. The molecule has 0 aliphatic heterocycles. The monoisotopic (exact) mass is 222 g/mol. The van der Waals surface area contributed by atoms with Crippen molar-refractivity contribution in [3.8, 4) is 0 Å². The van der Waals surface area contributed by atoms with Gasteiger partial charge in [-0.2, -0.15) is 0 Å². The van der Waals surface area contributed by atoms with E-state index in [4.69, 9.17) is 9.47 Å². The van der Waals surface area contributed by atoms with Crippen molar-refractivity contribution >= 4 is 0 Å². The summed E-state index contributed by atoms with van der Waals surface area (Å²) in [5.74, 6) is 0. The largest absolute Gasteiger partial charge is 0.385 e. The lowest BCUT2D eigenvalue weighted by molar-refractivity contribution is 0.0397. The van der Waals surface area contributed by atoms with Gasteiger partial charge in [-0.3, -0.25) is 0 Å². The number of methoxy groups -OCH3 is 1. The summed E-state index contributed by atoms with van der Waals surface area (Å²) in [6, 6.07) is 10.5. The minimum atomic E-state index is 0.302. The molecule has 0 saturated heterocycles. The summed E-state index contributed by atoms with van der Waals surface area (Å²) in [4.78, 5) is 0. The van der Waals surface area contributed by atoms with Crippen molar-refractivity contribution in [2.45, 2.75) is 32.3 Å². The summed E-state index contributed by atoms with van der Waals surface area (Å²) in [6.45, 7) is 3.71. The van der Waals surface area contributed by atoms with Crippen LogP contribution in [-0.2, 0) is 15.9 Å². The summed E-state index contributed by atoms with van der Waals surface area (Å²) in [5.41, 5.74) is 1.38. The van der Waals surface area contributed by atoms with Gasteiger partial charge in [0.2, 0.25) is 0 Å². The lowest BCUT2D eigenvalue weighted by atomic mass is 10.1. The molecule has 0 bridgehead atoms. The summed E-state index contributed by atoms with van der Waals surface area (Å²) in [5, 5.41) is 0. The normalized spacial score (nSPS) is 12.6. The molecule has 1 aromatic carbocycles. The summed E-state index contributed by atoms with van der Waals surface area (Å²) in [6.07, 6.45) is 3.46.